The van der Waals surface area contributed by atoms with Gasteiger partial charge in [-0.1, -0.05) is 13.3 Å². The van der Waals surface area contributed by atoms with Crippen LogP contribution in [-0.4, -0.2) is 24.5 Å². The molecule has 0 unspecified atom stereocenters. The molecule has 0 bridgehead atoms. The van der Waals surface area contributed by atoms with E-state index in [4.69, 9.17) is 12.2 Å². The van der Waals surface area contributed by atoms with E-state index in [1.807, 2.05) is 11.5 Å². The Hall–Kier alpha value is -1.76. The molecule has 0 aliphatic heterocycles. The Morgan fingerprint density at radius 3 is 2.84 bits per heavy atom. The fourth-order valence-electron chi connectivity index (χ4n) is 1.83. The fourth-order valence-corrected chi connectivity index (χ4v) is 2.06. The number of aryl methyl sites for hydroxylation is 1. The Bertz CT molecular complexity index is 669. The van der Waals surface area contributed by atoms with Gasteiger partial charge in [0.2, 0.25) is 0 Å². The first-order chi connectivity index (χ1) is 9.17. The molecule has 0 aliphatic carbocycles. The second-order valence-electron chi connectivity index (χ2n) is 4.23. The Kier molecular flexibility index (Phi) is 4.26. The van der Waals surface area contributed by atoms with Crippen molar-refractivity contribution >= 4 is 12.2 Å². The Labute approximate surface area is 116 Å². The smallest absolute Gasteiger partial charge is 0.266 e. The summed E-state index contributed by atoms with van der Waals surface area (Å²) in [5.41, 5.74) is 0.547. The number of nitrogens with zero attached hydrogens (tertiary/aromatic N) is 4. The zero-order valence-electron chi connectivity index (χ0n) is 11.1. The van der Waals surface area contributed by atoms with E-state index in [1.54, 1.807) is 6.07 Å². The van der Waals surface area contributed by atoms with Gasteiger partial charge in [-0.05, 0) is 31.6 Å². The molecule has 0 atom stereocenters. The van der Waals surface area contributed by atoms with Crippen LogP contribution in [0.1, 0.15) is 26.7 Å². The van der Waals surface area contributed by atoms with E-state index in [-0.39, 0.29) is 5.56 Å². The average molecular weight is 279 g/mol. The second-order valence-corrected chi connectivity index (χ2v) is 4.62. The zero-order chi connectivity index (χ0) is 13.8. The summed E-state index contributed by atoms with van der Waals surface area (Å²) in [7, 11) is 0. The van der Waals surface area contributed by atoms with Crippen LogP contribution in [0, 0.1) is 4.77 Å². The monoisotopic (exact) mass is 279 g/mol. The van der Waals surface area contributed by atoms with Gasteiger partial charge in [-0.2, -0.15) is 10.2 Å². The molecule has 0 aromatic carbocycles. The summed E-state index contributed by atoms with van der Waals surface area (Å²) in [4.78, 5) is 11.5. The first-order valence-electron chi connectivity index (χ1n) is 6.41. The highest BCUT2D eigenvalue weighted by Crippen LogP contribution is 2.13. The molecule has 2 rings (SSSR count). The number of unbranched alkanes of at least 4 members (excludes halogenated alkanes) is 1. The van der Waals surface area contributed by atoms with E-state index < -0.39 is 0 Å². The van der Waals surface area contributed by atoms with Gasteiger partial charge in [0, 0.05) is 19.2 Å². The number of hydrogen-bond donors (Lipinski definition) is 1. The number of nitrogens with one attached hydrogen (secondary N) is 1. The molecule has 1 N–H and O–H groups in total. The topological polar surface area (TPSA) is 68.5 Å². The minimum Gasteiger partial charge on any atom is -0.299 e. The predicted molar refractivity (Wildman–Crippen MR) is 75.5 cm³/mol. The lowest BCUT2D eigenvalue weighted by molar-refractivity contribution is 0.605. The van der Waals surface area contributed by atoms with Crippen molar-refractivity contribution in [3.05, 3.63) is 27.3 Å². The number of hydrogen-bond acceptors (Lipinski definition) is 4. The van der Waals surface area contributed by atoms with Crippen LogP contribution in [-0.2, 0) is 13.1 Å². The lowest BCUT2D eigenvalue weighted by atomic mass is 10.3. The molecule has 102 valence electrons. The van der Waals surface area contributed by atoms with Crippen LogP contribution in [0.5, 0.6) is 0 Å². The summed E-state index contributed by atoms with van der Waals surface area (Å²) in [5.74, 6) is 0.681. The molecule has 0 spiro atoms. The van der Waals surface area contributed by atoms with Crippen LogP contribution < -0.4 is 5.56 Å². The summed E-state index contributed by atoms with van der Waals surface area (Å²) in [6, 6.07) is 3.19. The minimum absolute atomic E-state index is 0.111. The Morgan fingerprint density at radius 2 is 2.16 bits per heavy atom. The van der Waals surface area contributed by atoms with Crippen molar-refractivity contribution in [2.75, 3.05) is 0 Å². The van der Waals surface area contributed by atoms with Gasteiger partial charge < -0.3 is 0 Å². The molecule has 0 saturated carbocycles. The molecule has 7 heteroatoms. The van der Waals surface area contributed by atoms with Gasteiger partial charge >= 0.3 is 0 Å². The third-order valence-corrected chi connectivity index (χ3v) is 3.20. The standard InChI is InChI=1S/C12H17N5OS/c1-3-5-8-16-11(13-14-12(16)19)9-6-7-10(18)17(4-2)15-9/h6-7H,3-5,8H2,1-2H3,(H,14,19). The molecule has 2 aromatic rings. The fraction of sp³-hybridized carbons (Fsp3) is 0.500. The number of H-pyrrole nitrogens is 1. The van der Waals surface area contributed by atoms with Crippen molar-refractivity contribution in [1.82, 2.24) is 24.5 Å². The molecular formula is C12H17N5OS. The summed E-state index contributed by atoms with van der Waals surface area (Å²) in [5, 5.41) is 11.3. The van der Waals surface area contributed by atoms with Gasteiger partial charge in [-0.3, -0.25) is 14.5 Å². The van der Waals surface area contributed by atoms with Crippen LogP contribution in [0.4, 0.5) is 0 Å². The van der Waals surface area contributed by atoms with Gasteiger partial charge in [0.25, 0.3) is 5.56 Å². The molecule has 2 heterocycles. The molecule has 19 heavy (non-hydrogen) atoms. The Balaban J connectivity index is 2.47. The largest absolute Gasteiger partial charge is 0.299 e. The molecule has 0 saturated heterocycles. The third kappa shape index (κ3) is 2.81. The van der Waals surface area contributed by atoms with Crippen LogP contribution >= 0.6 is 12.2 Å². The maximum Gasteiger partial charge on any atom is 0.266 e. The predicted octanol–water partition coefficient (Wildman–Crippen LogP) is 1.98. The van der Waals surface area contributed by atoms with Crippen molar-refractivity contribution in [3.8, 4) is 11.5 Å². The van der Waals surface area contributed by atoms with Crippen LogP contribution in [0.3, 0.4) is 0 Å². The van der Waals surface area contributed by atoms with E-state index in [0.29, 0.717) is 22.8 Å². The number of aromatic nitrogens is 5. The molecule has 0 aliphatic rings. The number of aromatic amines is 1. The molecule has 0 fully saturated rings. The highest BCUT2D eigenvalue weighted by atomic mass is 32.1. The van der Waals surface area contributed by atoms with E-state index in [9.17, 15) is 4.79 Å². The van der Waals surface area contributed by atoms with Gasteiger partial charge in [0.15, 0.2) is 10.6 Å². The Morgan fingerprint density at radius 1 is 1.37 bits per heavy atom. The average Bonchev–Trinajstić information content (AvgIpc) is 2.78. The lowest BCUT2D eigenvalue weighted by Gasteiger charge is -2.06. The van der Waals surface area contributed by atoms with E-state index in [1.165, 1.54) is 10.7 Å². The molecule has 2 aromatic heterocycles. The van der Waals surface area contributed by atoms with Crippen LogP contribution in [0.2, 0.25) is 0 Å². The van der Waals surface area contributed by atoms with Crippen molar-refractivity contribution in [3.63, 3.8) is 0 Å². The summed E-state index contributed by atoms with van der Waals surface area (Å²) >= 11 is 5.22. The molecule has 0 radical (unpaired) electrons. The van der Waals surface area contributed by atoms with Crippen molar-refractivity contribution in [1.29, 1.82) is 0 Å². The SMILES string of the molecule is CCCCn1c(-c2ccc(=O)n(CC)n2)n[nH]c1=S. The highest BCUT2D eigenvalue weighted by Gasteiger charge is 2.11. The van der Waals surface area contributed by atoms with Crippen LogP contribution in [0.15, 0.2) is 16.9 Å². The van der Waals surface area contributed by atoms with Gasteiger partial charge in [0.05, 0.1) is 0 Å². The molecule has 6 nitrogen and oxygen atoms in total. The highest BCUT2D eigenvalue weighted by molar-refractivity contribution is 7.71. The molecule has 0 amide bonds. The summed E-state index contributed by atoms with van der Waals surface area (Å²) < 4.78 is 3.92. The van der Waals surface area contributed by atoms with Crippen LogP contribution in [0.25, 0.3) is 11.5 Å². The molecular weight excluding hydrogens is 262 g/mol. The minimum atomic E-state index is -0.111. The van der Waals surface area contributed by atoms with E-state index >= 15 is 0 Å². The van der Waals surface area contributed by atoms with Crippen molar-refractivity contribution < 1.29 is 0 Å². The summed E-state index contributed by atoms with van der Waals surface area (Å²) in [6.07, 6.45) is 2.10. The zero-order valence-corrected chi connectivity index (χ0v) is 11.9. The maximum absolute atomic E-state index is 11.5. The third-order valence-electron chi connectivity index (χ3n) is 2.89. The summed E-state index contributed by atoms with van der Waals surface area (Å²) in [6.45, 7) is 5.34. The van der Waals surface area contributed by atoms with Gasteiger partial charge in [0.1, 0.15) is 5.69 Å². The van der Waals surface area contributed by atoms with Crippen molar-refractivity contribution in [2.45, 2.75) is 39.8 Å². The van der Waals surface area contributed by atoms with E-state index in [0.717, 1.165) is 19.4 Å². The second kappa shape index (κ2) is 5.92. The van der Waals surface area contributed by atoms with Gasteiger partial charge in [-0.15, -0.1) is 0 Å². The quantitative estimate of drug-likeness (QED) is 0.850. The maximum atomic E-state index is 11.5. The first kappa shape index (κ1) is 13.7. The van der Waals surface area contributed by atoms with Crippen molar-refractivity contribution in [2.24, 2.45) is 0 Å². The number of rotatable bonds is 5. The van der Waals surface area contributed by atoms with E-state index in [2.05, 4.69) is 22.2 Å². The lowest BCUT2D eigenvalue weighted by Crippen LogP contribution is -2.21. The van der Waals surface area contributed by atoms with Gasteiger partial charge in [-0.25, -0.2) is 4.68 Å². The first-order valence-corrected chi connectivity index (χ1v) is 6.82. The normalized spacial score (nSPS) is 10.8.